The second kappa shape index (κ2) is 11.3. The molecule has 0 fully saturated rings. The average Bonchev–Trinajstić information content (AvgIpc) is 2.47. The van der Waals surface area contributed by atoms with Crippen LogP contribution in [-0.4, -0.2) is 32.4 Å². The van der Waals surface area contributed by atoms with Crippen molar-refractivity contribution in [3.05, 3.63) is 30.3 Å². The van der Waals surface area contributed by atoms with Crippen LogP contribution < -0.4 is 4.74 Å². The van der Waals surface area contributed by atoms with E-state index in [4.69, 9.17) is 14.2 Å². The van der Waals surface area contributed by atoms with Gasteiger partial charge in [0.05, 0.1) is 13.2 Å². The number of para-hydroxylation sites is 1. The van der Waals surface area contributed by atoms with Gasteiger partial charge >= 0.3 is 5.97 Å². The van der Waals surface area contributed by atoms with Crippen molar-refractivity contribution in [3.63, 3.8) is 0 Å². The van der Waals surface area contributed by atoms with Gasteiger partial charge in [-0.05, 0) is 18.6 Å². The molecule has 0 spiro atoms. The summed E-state index contributed by atoms with van der Waals surface area (Å²) < 4.78 is 15.8. The molecule has 1 rings (SSSR count). The number of hydrogen-bond acceptors (Lipinski definition) is 4. The number of unbranched alkanes of at least 4 members (excludes halogenated alkanes) is 2. The number of benzene rings is 1. The van der Waals surface area contributed by atoms with Gasteiger partial charge in [0.25, 0.3) is 0 Å². The summed E-state index contributed by atoms with van der Waals surface area (Å²) in [4.78, 5) is 11.3. The van der Waals surface area contributed by atoms with Crippen LogP contribution in [0.25, 0.3) is 0 Å². The molecule has 0 N–H and O–H groups in total. The van der Waals surface area contributed by atoms with Crippen LogP contribution in [0.3, 0.4) is 0 Å². The number of rotatable bonds is 11. The van der Waals surface area contributed by atoms with Crippen molar-refractivity contribution >= 4 is 5.97 Å². The Hall–Kier alpha value is -1.55. The molecule has 112 valence electrons. The van der Waals surface area contributed by atoms with Crippen molar-refractivity contribution in [3.8, 4) is 5.75 Å². The SMILES string of the molecule is CCCCCC(=O)OCCOCCOc1ccccc1. The van der Waals surface area contributed by atoms with Crippen LogP contribution in [0.15, 0.2) is 30.3 Å². The minimum absolute atomic E-state index is 0.136. The maximum Gasteiger partial charge on any atom is 0.305 e. The topological polar surface area (TPSA) is 44.8 Å². The number of esters is 1. The van der Waals surface area contributed by atoms with Gasteiger partial charge in [0.2, 0.25) is 0 Å². The zero-order valence-electron chi connectivity index (χ0n) is 12.2. The normalized spacial score (nSPS) is 10.2. The van der Waals surface area contributed by atoms with Gasteiger partial charge in [0.1, 0.15) is 19.0 Å². The van der Waals surface area contributed by atoms with Gasteiger partial charge in [-0.2, -0.15) is 0 Å². The van der Waals surface area contributed by atoms with E-state index in [1.807, 2.05) is 30.3 Å². The third-order valence-corrected chi connectivity index (χ3v) is 2.71. The van der Waals surface area contributed by atoms with Gasteiger partial charge in [-0.1, -0.05) is 38.0 Å². The maximum atomic E-state index is 11.3. The molecule has 0 aliphatic carbocycles. The van der Waals surface area contributed by atoms with Gasteiger partial charge in [0.15, 0.2) is 0 Å². The molecule has 0 saturated carbocycles. The van der Waals surface area contributed by atoms with E-state index in [9.17, 15) is 4.79 Å². The lowest BCUT2D eigenvalue weighted by molar-refractivity contribution is -0.145. The Morgan fingerprint density at radius 2 is 1.75 bits per heavy atom. The highest BCUT2D eigenvalue weighted by Crippen LogP contribution is 2.07. The fraction of sp³-hybridized carbons (Fsp3) is 0.562. The van der Waals surface area contributed by atoms with E-state index in [-0.39, 0.29) is 5.97 Å². The highest BCUT2D eigenvalue weighted by molar-refractivity contribution is 5.69. The van der Waals surface area contributed by atoms with Crippen molar-refractivity contribution < 1.29 is 19.0 Å². The standard InChI is InChI=1S/C16H24O4/c1-2-3-5-10-16(17)20-14-12-18-11-13-19-15-8-6-4-7-9-15/h4,6-9H,2-3,5,10-14H2,1H3. The second-order valence-corrected chi connectivity index (χ2v) is 4.45. The van der Waals surface area contributed by atoms with Gasteiger partial charge in [0, 0.05) is 6.42 Å². The molecule has 0 bridgehead atoms. The molecule has 1 aromatic rings. The van der Waals surface area contributed by atoms with Gasteiger partial charge in [-0.3, -0.25) is 4.79 Å². The van der Waals surface area contributed by atoms with E-state index in [0.29, 0.717) is 32.8 Å². The maximum absolute atomic E-state index is 11.3. The first-order valence-corrected chi connectivity index (χ1v) is 7.24. The van der Waals surface area contributed by atoms with Crippen LogP contribution in [0, 0.1) is 0 Å². The van der Waals surface area contributed by atoms with Crippen LogP contribution in [0.5, 0.6) is 5.75 Å². The Morgan fingerprint density at radius 3 is 2.50 bits per heavy atom. The van der Waals surface area contributed by atoms with Crippen LogP contribution in [0.4, 0.5) is 0 Å². The van der Waals surface area contributed by atoms with Crippen LogP contribution in [0.1, 0.15) is 32.6 Å². The summed E-state index contributed by atoms with van der Waals surface area (Å²) in [5, 5.41) is 0. The molecule has 0 saturated heterocycles. The molecule has 0 aliphatic rings. The zero-order valence-corrected chi connectivity index (χ0v) is 12.2. The molecular formula is C16H24O4. The number of carbonyl (C=O) groups is 1. The first-order chi connectivity index (χ1) is 9.83. The van der Waals surface area contributed by atoms with Crippen LogP contribution >= 0.6 is 0 Å². The summed E-state index contributed by atoms with van der Waals surface area (Å²) in [7, 11) is 0. The molecule has 0 amide bonds. The van der Waals surface area contributed by atoms with E-state index in [0.717, 1.165) is 25.0 Å². The van der Waals surface area contributed by atoms with Crippen molar-refractivity contribution in [2.45, 2.75) is 32.6 Å². The number of carbonyl (C=O) groups excluding carboxylic acids is 1. The van der Waals surface area contributed by atoms with Crippen molar-refractivity contribution in [2.24, 2.45) is 0 Å². The molecular weight excluding hydrogens is 256 g/mol. The molecule has 4 nitrogen and oxygen atoms in total. The van der Waals surface area contributed by atoms with E-state index in [1.54, 1.807) is 0 Å². The van der Waals surface area contributed by atoms with Gasteiger partial charge in [-0.15, -0.1) is 0 Å². The highest BCUT2D eigenvalue weighted by atomic mass is 16.6. The van der Waals surface area contributed by atoms with Crippen LogP contribution in [0.2, 0.25) is 0 Å². The summed E-state index contributed by atoms with van der Waals surface area (Å²) in [6.45, 7) is 3.82. The lowest BCUT2D eigenvalue weighted by atomic mass is 10.2. The summed E-state index contributed by atoms with van der Waals surface area (Å²) in [5.41, 5.74) is 0. The van der Waals surface area contributed by atoms with Gasteiger partial charge < -0.3 is 14.2 Å². The van der Waals surface area contributed by atoms with Crippen molar-refractivity contribution in [2.75, 3.05) is 26.4 Å². The minimum atomic E-state index is -0.136. The van der Waals surface area contributed by atoms with E-state index >= 15 is 0 Å². The minimum Gasteiger partial charge on any atom is -0.491 e. The lowest BCUT2D eigenvalue weighted by Gasteiger charge is -2.07. The van der Waals surface area contributed by atoms with Crippen molar-refractivity contribution in [1.29, 1.82) is 0 Å². The average molecular weight is 280 g/mol. The molecule has 4 heteroatoms. The summed E-state index contributed by atoms with van der Waals surface area (Å²) in [6.07, 6.45) is 3.59. The monoisotopic (exact) mass is 280 g/mol. The number of hydrogen-bond donors (Lipinski definition) is 0. The Kier molecular flexibility index (Phi) is 9.32. The Bertz CT molecular complexity index is 351. The molecule has 1 aromatic carbocycles. The molecule has 0 atom stereocenters. The summed E-state index contributed by atoms with van der Waals surface area (Å²) in [5.74, 6) is 0.695. The Labute approximate surface area is 121 Å². The Morgan fingerprint density at radius 1 is 1.00 bits per heavy atom. The fourth-order valence-corrected chi connectivity index (χ4v) is 1.64. The summed E-state index contributed by atoms with van der Waals surface area (Å²) >= 11 is 0. The lowest BCUT2D eigenvalue weighted by Crippen LogP contribution is -2.13. The van der Waals surface area contributed by atoms with E-state index < -0.39 is 0 Å². The van der Waals surface area contributed by atoms with Crippen LogP contribution in [-0.2, 0) is 14.3 Å². The Balaban J connectivity index is 1.88. The zero-order chi connectivity index (χ0) is 14.5. The third-order valence-electron chi connectivity index (χ3n) is 2.71. The quantitative estimate of drug-likeness (QED) is 0.461. The highest BCUT2D eigenvalue weighted by Gasteiger charge is 2.01. The fourth-order valence-electron chi connectivity index (χ4n) is 1.64. The predicted octanol–water partition coefficient (Wildman–Crippen LogP) is 3.21. The third kappa shape index (κ3) is 8.53. The van der Waals surface area contributed by atoms with Gasteiger partial charge in [-0.25, -0.2) is 0 Å². The summed E-state index contributed by atoms with van der Waals surface area (Å²) in [6, 6.07) is 9.59. The molecule has 0 heterocycles. The van der Waals surface area contributed by atoms with Crippen molar-refractivity contribution in [1.82, 2.24) is 0 Å². The molecule has 0 aromatic heterocycles. The largest absolute Gasteiger partial charge is 0.491 e. The number of ether oxygens (including phenoxy) is 3. The second-order valence-electron chi connectivity index (χ2n) is 4.45. The first kappa shape index (κ1) is 16.5. The molecule has 20 heavy (non-hydrogen) atoms. The smallest absolute Gasteiger partial charge is 0.305 e. The predicted molar refractivity (Wildman–Crippen MR) is 77.9 cm³/mol. The van der Waals surface area contributed by atoms with E-state index in [2.05, 4.69) is 6.92 Å². The van der Waals surface area contributed by atoms with E-state index in [1.165, 1.54) is 0 Å². The molecule has 0 radical (unpaired) electrons. The molecule has 0 unspecified atom stereocenters. The first-order valence-electron chi connectivity index (χ1n) is 7.24. The molecule has 0 aliphatic heterocycles.